The van der Waals surface area contributed by atoms with E-state index in [2.05, 4.69) is 10.6 Å². The van der Waals surface area contributed by atoms with Crippen LogP contribution >= 0.6 is 7.60 Å². The Balaban J connectivity index is 1.50. The number of benzene rings is 2. The molecule has 2 aromatic rings. The highest BCUT2D eigenvalue weighted by atomic mass is 32.2. The van der Waals surface area contributed by atoms with Crippen molar-refractivity contribution >= 4 is 29.5 Å². The zero-order valence-corrected chi connectivity index (χ0v) is 32.5. The van der Waals surface area contributed by atoms with Crippen LogP contribution in [0.2, 0.25) is 0 Å². The summed E-state index contributed by atoms with van der Waals surface area (Å²) in [5, 5.41) is 15.9. The third kappa shape index (κ3) is 11.9. The first-order valence-corrected chi connectivity index (χ1v) is 20.7. The van der Waals surface area contributed by atoms with Crippen molar-refractivity contribution < 1.29 is 65.1 Å². The Kier molecular flexibility index (Phi) is 15.5. The number of hydrogen-bond acceptors (Lipinski definition) is 15. The van der Waals surface area contributed by atoms with Crippen LogP contribution in [0.25, 0.3) is 0 Å². The lowest BCUT2D eigenvalue weighted by Gasteiger charge is -2.30. The Morgan fingerprint density at radius 2 is 1.70 bits per heavy atom. The maximum atomic E-state index is 13.8. The van der Waals surface area contributed by atoms with Crippen molar-refractivity contribution in [3.8, 4) is 11.5 Å². The number of fused-ring (bicyclic) bond motifs is 1. The number of hydrogen-bond donors (Lipinski definition) is 3. The molecule has 0 radical (unpaired) electrons. The summed E-state index contributed by atoms with van der Waals surface area (Å²) in [6, 6.07) is 11.4. The van der Waals surface area contributed by atoms with E-state index < -0.39 is 72.0 Å². The first-order chi connectivity index (χ1) is 25.2. The molecular formula is C35H51N2O14PS. The third-order valence-electron chi connectivity index (χ3n) is 8.72. The van der Waals surface area contributed by atoms with Crippen molar-refractivity contribution in [2.75, 3.05) is 40.4 Å². The van der Waals surface area contributed by atoms with Crippen LogP contribution in [0.5, 0.6) is 11.5 Å². The molecule has 0 bridgehead atoms. The molecule has 2 unspecified atom stereocenters. The highest BCUT2D eigenvalue weighted by Gasteiger charge is 2.44. The highest BCUT2D eigenvalue weighted by Crippen LogP contribution is 2.48. The SMILES string of the molecule is CCOC(=O)[C@H](C)OP(=O)(COc1ccc(C[C@H](NC(=O)O[C@H]2CO[C@H]3OCC[C@H]32)[C@H](O)NC(CC(C)C)S(=O)(=O)c2ccc(OC)cc2)cc1)OC. The lowest BCUT2D eigenvalue weighted by molar-refractivity contribution is -0.151. The molecule has 296 valence electrons. The van der Waals surface area contributed by atoms with Gasteiger partial charge in [0.2, 0.25) is 0 Å². The Morgan fingerprint density at radius 1 is 1.02 bits per heavy atom. The molecule has 3 N–H and O–H groups in total. The van der Waals surface area contributed by atoms with Gasteiger partial charge in [0.1, 0.15) is 29.2 Å². The highest BCUT2D eigenvalue weighted by molar-refractivity contribution is 7.92. The van der Waals surface area contributed by atoms with Crippen LogP contribution < -0.4 is 20.1 Å². The number of methoxy groups -OCH3 is 1. The minimum absolute atomic E-state index is 0.0353. The molecule has 18 heteroatoms. The van der Waals surface area contributed by atoms with E-state index in [1.165, 1.54) is 33.3 Å². The fourth-order valence-corrected chi connectivity index (χ4v) is 8.79. The number of amides is 1. The zero-order chi connectivity index (χ0) is 38.8. The second-order valence-corrected chi connectivity index (χ2v) is 17.3. The summed E-state index contributed by atoms with van der Waals surface area (Å²) in [5.74, 6) is -0.109. The van der Waals surface area contributed by atoms with Gasteiger partial charge in [-0.2, -0.15) is 0 Å². The van der Waals surface area contributed by atoms with E-state index in [0.717, 1.165) is 0 Å². The summed E-state index contributed by atoms with van der Waals surface area (Å²) in [4.78, 5) is 25.2. The quantitative estimate of drug-likeness (QED) is 0.0987. The van der Waals surface area contributed by atoms with Crippen molar-refractivity contribution in [1.29, 1.82) is 0 Å². The lowest BCUT2D eigenvalue weighted by Crippen LogP contribution is -2.56. The number of aliphatic hydroxyl groups excluding tert-OH is 1. The number of alkyl carbamates (subject to hydrolysis) is 1. The largest absolute Gasteiger partial charge is 0.497 e. The molecule has 2 saturated heterocycles. The van der Waals surface area contributed by atoms with Gasteiger partial charge in [0, 0.05) is 7.11 Å². The fraction of sp³-hybridized carbons (Fsp3) is 0.600. The maximum absolute atomic E-state index is 13.8. The fourth-order valence-electron chi connectivity index (χ4n) is 5.86. The van der Waals surface area contributed by atoms with Gasteiger partial charge in [0.25, 0.3) is 0 Å². The van der Waals surface area contributed by atoms with E-state index in [-0.39, 0.29) is 48.5 Å². The average molecular weight is 787 g/mol. The second kappa shape index (κ2) is 19.4. The van der Waals surface area contributed by atoms with Crippen LogP contribution in [0.4, 0.5) is 4.79 Å². The molecule has 0 aliphatic carbocycles. The van der Waals surface area contributed by atoms with Crippen LogP contribution in [0.1, 0.15) is 46.1 Å². The predicted molar refractivity (Wildman–Crippen MR) is 191 cm³/mol. The molecule has 53 heavy (non-hydrogen) atoms. The van der Waals surface area contributed by atoms with E-state index in [0.29, 0.717) is 24.3 Å². The molecule has 0 aromatic heterocycles. The number of aliphatic hydroxyl groups is 1. The molecular weight excluding hydrogens is 735 g/mol. The smallest absolute Gasteiger partial charge is 0.407 e. The number of ether oxygens (including phenoxy) is 6. The first-order valence-electron chi connectivity index (χ1n) is 17.4. The van der Waals surface area contributed by atoms with Crippen LogP contribution in [-0.4, -0.2) is 102 Å². The molecule has 0 saturated carbocycles. The molecule has 16 nitrogen and oxygen atoms in total. The van der Waals surface area contributed by atoms with E-state index in [1.54, 1.807) is 43.3 Å². The van der Waals surface area contributed by atoms with E-state index in [4.69, 9.17) is 37.5 Å². The van der Waals surface area contributed by atoms with Crippen molar-refractivity contribution in [3.05, 3.63) is 54.1 Å². The maximum Gasteiger partial charge on any atom is 0.407 e. The van der Waals surface area contributed by atoms with Gasteiger partial charge < -0.3 is 43.4 Å². The number of carbonyl (C=O) groups excluding carboxylic acids is 2. The molecule has 8 atom stereocenters. The molecule has 0 spiro atoms. The van der Waals surface area contributed by atoms with Gasteiger partial charge >= 0.3 is 19.7 Å². The first kappa shape index (κ1) is 42.5. The van der Waals surface area contributed by atoms with Gasteiger partial charge in [-0.15, -0.1) is 0 Å². The standard InChI is InChI=1S/C35H51N2O14PS/c1-7-46-33(39)23(4)51-52(41,45-6)21-49-26-10-8-24(9-11-26)19-29(36-35(40)50-30-20-48-34-28(30)16-17-47-34)32(38)37-31(18-22(2)3)53(42,43)27-14-12-25(44-5)13-15-27/h8-15,22-23,28-32,34,37-38H,7,16-21H2,1-6H3,(H,36,40)/t23-,28-,29-,30-,31?,32-,34+,52?/m0/s1. The molecule has 2 aliphatic heterocycles. The Bertz CT molecular complexity index is 1640. The summed E-state index contributed by atoms with van der Waals surface area (Å²) in [5.41, 5.74) is 0.623. The van der Waals surface area contributed by atoms with Gasteiger partial charge in [-0.3, -0.25) is 14.4 Å². The molecule has 2 heterocycles. The monoisotopic (exact) mass is 786 g/mol. The number of rotatable bonds is 20. The molecule has 2 fully saturated rings. The summed E-state index contributed by atoms with van der Waals surface area (Å²) in [7, 11) is -5.20. The van der Waals surface area contributed by atoms with Gasteiger partial charge in [-0.05, 0) is 81.0 Å². The van der Waals surface area contributed by atoms with Crippen molar-refractivity contribution in [2.45, 2.75) is 88.0 Å². The Morgan fingerprint density at radius 3 is 2.32 bits per heavy atom. The Hall–Kier alpha value is -3.28. The van der Waals surface area contributed by atoms with Gasteiger partial charge in [-0.25, -0.2) is 18.0 Å². The minimum Gasteiger partial charge on any atom is -0.497 e. The van der Waals surface area contributed by atoms with E-state index in [1.807, 2.05) is 13.8 Å². The molecule has 2 aliphatic rings. The van der Waals surface area contributed by atoms with Crippen molar-refractivity contribution in [3.63, 3.8) is 0 Å². The summed E-state index contributed by atoms with van der Waals surface area (Å²) >= 11 is 0. The second-order valence-electron chi connectivity index (χ2n) is 13.1. The average Bonchev–Trinajstić information content (AvgIpc) is 3.76. The van der Waals surface area contributed by atoms with Crippen LogP contribution in [0.15, 0.2) is 53.4 Å². The van der Waals surface area contributed by atoms with Gasteiger partial charge in [0.05, 0.1) is 43.8 Å². The number of sulfone groups is 1. The van der Waals surface area contributed by atoms with Crippen LogP contribution in [0.3, 0.4) is 0 Å². The van der Waals surface area contributed by atoms with E-state index >= 15 is 0 Å². The zero-order valence-electron chi connectivity index (χ0n) is 30.8. The van der Waals surface area contributed by atoms with Crippen LogP contribution in [0, 0.1) is 11.8 Å². The number of carbonyl (C=O) groups is 2. The topological polar surface area (TPSA) is 203 Å². The summed E-state index contributed by atoms with van der Waals surface area (Å²) < 4.78 is 83.6. The van der Waals surface area contributed by atoms with Crippen molar-refractivity contribution in [1.82, 2.24) is 10.6 Å². The molecule has 2 aromatic carbocycles. The summed E-state index contributed by atoms with van der Waals surface area (Å²) in [6.07, 6.45) is -4.15. The van der Waals surface area contributed by atoms with Gasteiger partial charge in [0.15, 0.2) is 28.6 Å². The van der Waals surface area contributed by atoms with E-state index in [9.17, 15) is 27.7 Å². The van der Waals surface area contributed by atoms with Gasteiger partial charge in [-0.1, -0.05) is 26.0 Å². The number of nitrogens with one attached hydrogen (secondary N) is 2. The summed E-state index contributed by atoms with van der Waals surface area (Å²) in [6.45, 7) is 7.54. The number of esters is 1. The Labute approximate surface area is 310 Å². The van der Waals surface area contributed by atoms with Crippen LogP contribution in [-0.2, 0) is 53.6 Å². The normalized spacial score (nSPS) is 21.8. The predicted octanol–water partition coefficient (Wildman–Crippen LogP) is 3.99. The third-order valence-corrected chi connectivity index (χ3v) is 12.4. The lowest BCUT2D eigenvalue weighted by atomic mass is 10.0. The molecule has 1 amide bonds. The van der Waals surface area contributed by atoms with Crippen molar-refractivity contribution in [2.24, 2.45) is 11.8 Å². The minimum atomic E-state index is -4.01. The molecule has 4 rings (SSSR count).